The third-order valence-electron chi connectivity index (χ3n) is 6.79. The van der Waals surface area contributed by atoms with Gasteiger partial charge in [0.05, 0.1) is 27.6 Å². The summed E-state index contributed by atoms with van der Waals surface area (Å²) in [5, 5.41) is 8.78. The van der Waals surface area contributed by atoms with Crippen LogP contribution in [0.15, 0.2) is 60.7 Å². The van der Waals surface area contributed by atoms with Gasteiger partial charge in [-0.3, -0.25) is 5.10 Å². The highest BCUT2D eigenvalue weighted by Gasteiger charge is 2.19. The molecule has 0 radical (unpaired) electrons. The summed E-state index contributed by atoms with van der Waals surface area (Å²) in [5.41, 5.74) is 7.89. The van der Waals surface area contributed by atoms with E-state index >= 15 is 0 Å². The maximum absolute atomic E-state index is 4.93. The van der Waals surface area contributed by atoms with Crippen molar-refractivity contribution in [3.05, 3.63) is 60.7 Å². The summed E-state index contributed by atoms with van der Waals surface area (Å²) in [7, 11) is 2.18. The van der Waals surface area contributed by atoms with Crippen LogP contribution < -0.4 is 4.90 Å². The summed E-state index contributed by atoms with van der Waals surface area (Å²) < 4.78 is 0. The quantitative estimate of drug-likeness (QED) is 0.373. The zero-order valence-corrected chi connectivity index (χ0v) is 18.8. The van der Waals surface area contributed by atoms with E-state index in [9.17, 15) is 0 Å². The topological polar surface area (TPSA) is 92.5 Å². The van der Waals surface area contributed by atoms with Crippen molar-refractivity contribution in [2.75, 3.05) is 38.1 Å². The van der Waals surface area contributed by atoms with Gasteiger partial charge in [-0.15, -0.1) is 0 Å². The Morgan fingerprint density at radius 1 is 0.735 bits per heavy atom. The number of rotatable bonds is 3. The molecule has 1 aliphatic heterocycles. The van der Waals surface area contributed by atoms with E-state index in [4.69, 9.17) is 9.97 Å². The standard InChI is InChI=1S/C26H24N8/c1-33-11-13-34(14-12-33)16-9-10-20-22(15-16)30-25(27-20)17-5-4-8-21-23(17)24(32-31-21)26-28-18-6-2-3-7-19(18)29-26/h2-10,15H,11-14H2,1H3,(H,27,30)(H,28,29)(H,31,32). The van der Waals surface area contributed by atoms with E-state index in [2.05, 4.69) is 61.3 Å². The van der Waals surface area contributed by atoms with Gasteiger partial charge in [-0.2, -0.15) is 5.10 Å². The number of hydrogen-bond acceptors (Lipinski definition) is 5. The van der Waals surface area contributed by atoms with Gasteiger partial charge in [-0.1, -0.05) is 24.3 Å². The van der Waals surface area contributed by atoms with Gasteiger partial charge in [0.2, 0.25) is 0 Å². The van der Waals surface area contributed by atoms with Crippen LogP contribution in [-0.2, 0) is 0 Å². The molecule has 0 saturated carbocycles. The van der Waals surface area contributed by atoms with Gasteiger partial charge < -0.3 is 19.8 Å². The molecule has 3 aromatic heterocycles. The number of para-hydroxylation sites is 2. The minimum absolute atomic E-state index is 0.744. The van der Waals surface area contributed by atoms with Crippen LogP contribution in [0, 0.1) is 0 Å². The zero-order chi connectivity index (χ0) is 22.6. The Morgan fingerprint density at radius 3 is 2.38 bits per heavy atom. The Labute approximate surface area is 195 Å². The number of fused-ring (bicyclic) bond motifs is 3. The zero-order valence-electron chi connectivity index (χ0n) is 18.8. The normalized spacial score (nSPS) is 15.1. The van der Waals surface area contributed by atoms with Crippen LogP contribution in [0.4, 0.5) is 5.69 Å². The minimum Gasteiger partial charge on any atom is -0.369 e. The third kappa shape index (κ3) is 3.07. The highest BCUT2D eigenvalue weighted by atomic mass is 15.2. The molecule has 1 aliphatic rings. The first kappa shape index (κ1) is 19.3. The molecule has 0 amide bonds. The van der Waals surface area contributed by atoms with Gasteiger partial charge in [0.1, 0.15) is 11.5 Å². The molecule has 0 spiro atoms. The molecule has 0 aliphatic carbocycles. The Hall–Kier alpha value is -4.17. The number of nitrogens with one attached hydrogen (secondary N) is 3. The van der Waals surface area contributed by atoms with Gasteiger partial charge in [0, 0.05) is 42.8 Å². The molecule has 8 heteroatoms. The number of aromatic amines is 3. The molecule has 4 heterocycles. The lowest BCUT2D eigenvalue weighted by Crippen LogP contribution is -2.44. The molecule has 0 bridgehead atoms. The maximum atomic E-state index is 4.93. The van der Waals surface area contributed by atoms with Crippen molar-refractivity contribution in [1.82, 2.24) is 35.0 Å². The van der Waals surface area contributed by atoms with E-state index in [1.54, 1.807) is 0 Å². The van der Waals surface area contributed by atoms with E-state index < -0.39 is 0 Å². The number of anilines is 1. The van der Waals surface area contributed by atoms with E-state index in [1.807, 2.05) is 36.4 Å². The number of benzene rings is 3. The highest BCUT2D eigenvalue weighted by molar-refractivity contribution is 6.03. The van der Waals surface area contributed by atoms with E-state index in [0.29, 0.717) is 0 Å². The maximum Gasteiger partial charge on any atom is 0.159 e. The second kappa shape index (κ2) is 7.43. The predicted octanol–water partition coefficient (Wildman–Crippen LogP) is 4.40. The van der Waals surface area contributed by atoms with Gasteiger partial charge >= 0.3 is 0 Å². The van der Waals surface area contributed by atoms with Crippen molar-refractivity contribution >= 4 is 38.7 Å². The highest BCUT2D eigenvalue weighted by Crippen LogP contribution is 2.34. The molecule has 168 valence electrons. The summed E-state index contributed by atoms with van der Waals surface area (Å²) >= 11 is 0. The van der Waals surface area contributed by atoms with Crippen molar-refractivity contribution in [2.45, 2.75) is 0 Å². The first-order valence-electron chi connectivity index (χ1n) is 11.6. The summed E-state index contributed by atoms with van der Waals surface area (Å²) in [6, 6.07) is 20.7. The van der Waals surface area contributed by atoms with Crippen LogP contribution in [0.2, 0.25) is 0 Å². The fraction of sp³-hybridized carbons (Fsp3) is 0.192. The fourth-order valence-corrected chi connectivity index (χ4v) is 4.89. The Balaban J connectivity index is 1.33. The lowest BCUT2D eigenvalue weighted by Gasteiger charge is -2.34. The largest absolute Gasteiger partial charge is 0.369 e. The van der Waals surface area contributed by atoms with Crippen LogP contribution in [0.5, 0.6) is 0 Å². The molecule has 1 fully saturated rings. The van der Waals surface area contributed by atoms with Crippen molar-refractivity contribution in [1.29, 1.82) is 0 Å². The summed E-state index contributed by atoms with van der Waals surface area (Å²) in [6.07, 6.45) is 0. The number of aromatic nitrogens is 6. The lowest BCUT2D eigenvalue weighted by atomic mass is 10.1. The van der Waals surface area contributed by atoms with Gasteiger partial charge in [-0.05, 0) is 43.4 Å². The van der Waals surface area contributed by atoms with Crippen molar-refractivity contribution in [2.24, 2.45) is 0 Å². The van der Waals surface area contributed by atoms with Crippen LogP contribution >= 0.6 is 0 Å². The second-order valence-electron chi connectivity index (χ2n) is 8.98. The van der Waals surface area contributed by atoms with Crippen LogP contribution in [0.1, 0.15) is 0 Å². The Bertz CT molecular complexity index is 1610. The van der Waals surface area contributed by atoms with Gasteiger partial charge in [0.15, 0.2) is 5.82 Å². The van der Waals surface area contributed by atoms with E-state index in [0.717, 1.165) is 82.1 Å². The number of nitrogens with zero attached hydrogens (tertiary/aromatic N) is 5. The SMILES string of the molecule is CN1CCN(c2ccc3nc(-c4cccc5[nH]nc(-c6nc7ccccc7[nH]6)c45)[nH]c3c2)CC1. The molecular formula is C26H24N8. The summed E-state index contributed by atoms with van der Waals surface area (Å²) in [6.45, 7) is 4.25. The monoisotopic (exact) mass is 448 g/mol. The number of likely N-dealkylation sites (N-methyl/N-ethyl adjacent to an activating group) is 1. The molecular weight excluding hydrogens is 424 g/mol. The fourth-order valence-electron chi connectivity index (χ4n) is 4.89. The number of hydrogen-bond donors (Lipinski definition) is 3. The molecule has 34 heavy (non-hydrogen) atoms. The Morgan fingerprint density at radius 2 is 1.50 bits per heavy atom. The smallest absolute Gasteiger partial charge is 0.159 e. The average molecular weight is 449 g/mol. The molecule has 0 unspecified atom stereocenters. The van der Waals surface area contributed by atoms with Gasteiger partial charge in [0.25, 0.3) is 0 Å². The number of H-pyrrole nitrogens is 3. The summed E-state index contributed by atoms with van der Waals surface area (Å²) in [5.74, 6) is 1.57. The van der Waals surface area contributed by atoms with Crippen LogP contribution in [0.3, 0.4) is 0 Å². The molecule has 7 rings (SSSR count). The van der Waals surface area contributed by atoms with Crippen molar-refractivity contribution in [3.8, 4) is 22.9 Å². The second-order valence-corrected chi connectivity index (χ2v) is 8.98. The summed E-state index contributed by atoms with van der Waals surface area (Å²) in [4.78, 5) is 21.5. The van der Waals surface area contributed by atoms with Crippen molar-refractivity contribution < 1.29 is 0 Å². The molecule has 6 aromatic rings. The average Bonchev–Trinajstić information content (AvgIpc) is 3.59. The molecule has 0 atom stereocenters. The van der Waals surface area contributed by atoms with E-state index in [-0.39, 0.29) is 0 Å². The van der Waals surface area contributed by atoms with Crippen LogP contribution in [-0.4, -0.2) is 68.3 Å². The predicted molar refractivity (Wildman–Crippen MR) is 136 cm³/mol. The van der Waals surface area contributed by atoms with Crippen molar-refractivity contribution in [3.63, 3.8) is 0 Å². The molecule has 1 saturated heterocycles. The lowest BCUT2D eigenvalue weighted by molar-refractivity contribution is 0.313. The molecule has 8 nitrogen and oxygen atoms in total. The molecule has 3 aromatic carbocycles. The molecule has 3 N–H and O–H groups in total. The Kier molecular flexibility index (Phi) is 4.22. The van der Waals surface area contributed by atoms with Crippen LogP contribution in [0.25, 0.3) is 55.9 Å². The van der Waals surface area contributed by atoms with Gasteiger partial charge in [-0.25, -0.2) is 9.97 Å². The minimum atomic E-state index is 0.744. The third-order valence-corrected chi connectivity index (χ3v) is 6.79. The number of piperazine rings is 1. The number of imidazole rings is 2. The first-order chi connectivity index (χ1) is 16.7. The first-order valence-corrected chi connectivity index (χ1v) is 11.6. The van der Waals surface area contributed by atoms with E-state index in [1.165, 1.54) is 5.69 Å².